The summed E-state index contributed by atoms with van der Waals surface area (Å²) in [5.41, 5.74) is 5.59. The maximum absolute atomic E-state index is 13.8. The quantitative estimate of drug-likeness (QED) is 0.233. The Balaban J connectivity index is 1.48. The number of hydrogen-bond acceptors (Lipinski definition) is 4. The molecule has 1 aromatic carbocycles. The summed E-state index contributed by atoms with van der Waals surface area (Å²) in [7, 11) is 0. The van der Waals surface area contributed by atoms with E-state index in [1.54, 1.807) is 0 Å². The largest absolute Gasteiger partial charge is 0.339 e. The van der Waals surface area contributed by atoms with Crippen LogP contribution in [0.5, 0.6) is 0 Å². The van der Waals surface area contributed by atoms with Gasteiger partial charge in [0.05, 0.1) is 11.0 Å². The molecule has 0 spiro atoms. The molecule has 0 saturated carbocycles. The smallest absolute Gasteiger partial charge is 0.253 e. The molecule has 0 radical (unpaired) electrons. The van der Waals surface area contributed by atoms with Crippen LogP contribution in [0.25, 0.3) is 28.5 Å². The Bertz CT molecular complexity index is 1280. The maximum atomic E-state index is 13.8. The number of aryl methyl sites for hydroxylation is 1. The SMILES string of the molecule is CC(C)CCN(CCC(C)C)C(=O)c1ccc2nc(-c3csc4c3CCC=C4)n(CCCN3CCCC3)c2c1. The zero-order valence-corrected chi connectivity index (χ0v) is 25.2. The van der Waals surface area contributed by atoms with Crippen molar-refractivity contribution in [1.29, 1.82) is 0 Å². The summed E-state index contributed by atoms with van der Waals surface area (Å²) in [6.07, 6.45) is 12.5. The van der Waals surface area contributed by atoms with E-state index in [0.717, 1.165) is 80.7 Å². The van der Waals surface area contributed by atoms with Gasteiger partial charge in [0.1, 0.15) is 5.82 Å². The van der Waals surface area contributed by atoms with Crippen molar-refractivity contribution in [2.75, 3.05) is 32.7 Å². The minimum Gasteiger partial charge on any atom is -0.339 e. The molecule has 5 rings (SSSR count). The van der Waals surface area contributed by atoms with Crippen LogP contribution in [0, 0.1) is 11.8 Å². The first-order valence-corrected chi connectivity index (χ1v) is 16.1. The summed E-state index contributed by atoms with van der Waals surface area (Å²) < 4.78 is 2.41. The molecule has 6 heteroatoms. The van der Waals surface area contributed by atoms with Crippen LogP contribution in [-0.4, -0.2) is 58.0 Å². The van der Waals surface area contributed by atoms with E-state index in [2.05, 4.69) is 71.7 Å². The second kappa shape index (κ2) is 12.8. The topological polar surface area (TPSA) is 41.4 Å². The van der Waals surface area contributed by atoms with Gasteiger partial charge in [-0.1, -0.05) is 33.8 Å². The molecule has 210 valence electrons. The molecule has 0 unspecified atom stereocenters. The molecule has 1 fully saturated rings. The fourth-order valence-corrected chi connectivity index (χ4v) is 6.89. The molecular formula is C33H46N4OS. The summed E-state index contributed by atoms with van der Waals surface area (Å²) in [5, 5.41) is 2.30. The molecule has 1 aliphatic carbocycles. The van der Waals surface area contributed by atoms with Gasteiger partial charge >= 0.3 is 0 Å². The first-order valence-electron chi connectivity index (χ1n) is 15.2. The molecule has 39 heavy (non-hydrogen) atoms. The van der Waals surface area contributed by atoms with Crippen LogP contribution in [0.1, 0.15) is 87.0 Å². The Kier molecular flexibility index (Phi) is 9.24. The third-order valence-electron chi connectivity index (χ3n) is 8.29. The molecule has 1 amide bonds. The molecule has 0 bridgehead atoms. The molecule has 1 saturated heterocycles. The molecule has 2 aliphatic rings. The van der Waals surface area contributed by atoms with Gasteiger partial charge in [0.15, 0.2) is 0 Å². The number of benzene rings is 1. The maximum Gasteiger partial charge on any atom is 0.253 e. The van der Waals surface area contributed by atoms with Crippen LogP contribution in [0.3, 0.4) is 0 Å². The van der Waals surface area contributed by atoms with E-state index in [1.165, 1.54) is 41.9 Å². The van der Waals surface area contributed by atoms with Gasteiger partial charge in [0.2, 0.25) is 0 Å². The van der Waals surface area contributed by atoms with E-state index in [-0.39, 0.29) is 5.91 Å². The number of fused-ring (bicyclic) bond motifs is 2. The van der Waals surface area contributed by atoms with Crippen LogP contribution < -0.4 is 0 Å². The first kappa shape index (κ1) is 28.1. The van der Waals surface area contributed by atoms with E-state index in [0.29, 0.717) is 11.8 Å². The van der Waals surface area contributed by atoms with Crippen molar-refractivity contribution in [1.82, 2.24) is 19.4 Å². The zero-order chi connectivity index (χ0) is 27.4. The van der Waals surface area contributed by atoms with Gasteiger partial charge < -0.3 is 14.4 Å². The lowest BCUT2D eigenvalue weighted by atomic mass is 10.0. The number of rotatable bonds is 12. The lowest BCUT2D eigenvalue weighted by molar-refractivity contribution is 0.0741. The number of allylic oxidation sites excluding steroid dienone is 1. The third kappa shape index (κ3) is 6.66. The summed E-state index contributed by atoms with van der Waals surface area (Å²) in [6, 6.07) is 6.20. The Morgan fingerprint density at radius 1 is 1.05 bits per heavy atom. The van der Waals surface area contributed by atoms with Gasteiger partial charge in [-0.3, -0.25) is 4.79 Å². The molecule has 0 N–H and O–H groups in total. The molecule has 5 nitrogen and oxygen atoms in total. The fraction of sp³-hybridized carbons (Fsp3) is 0.576. The van der Waals surface area contributed by atoms with E-state index in [9.17, 15) is 4.79 Å². The highest BCUT2D eigenvalue weighted by Gasteiger charge is 2.23. The van der Waals surface area contributed by atoms with Crippen LogP contribution >= 0.6 is 11.3 Å². The van der Waals surface area contributed by atoms with Gasteiger partial charge in [-0.05, 0) is 106 Å². The Labute approximate surface area is 238 Å². The Morgan fingerprint density at radius 2 is 1.79 bits per heavy atom. The second-order valence-electron chi connectivity index (χ2n) is 12.3. The third-order valence-corrected chi connectivity index (χ3v) is 9.28. The number of thiophene rings is 1. The highest BCUT2D eigenvalue weighted by molar-refractivity contribution is 7.11. The number of imidazole rings is 1. The predicted molar refractivity (Wildman–Crippen MR) is 166 cm³/mol. The average molecular weight is 547 g/mol. The number of likely N-dealkylation sites (tertiary alicyclic amines) is 1. The van der Waals surface area contributed by atoms with Crippen molar-refractivity contribution in [3.8, 4) is 11.4 Å². The van der Waals surface area contributed by atoms with Crippen LogP contribution in [0.4, 0.5) is 0 Å². The van der Waals surface area contributed by atoms with Gasteiger partial charge in [-0.2, -0.15) is 0 Å². The average Bonchev–Trinajstić information content (AvgIpc) is 3.67. The predicted octanol–water partition coefficient (Wildman–Crippen LogP) is 7.74. The summed E-state index contributed by atoms with van der Waals surface area (Å²) in [4.78, 5) is 25.0. The highest BCUT2D eigenvalue weighted by atomic mass is 32.1. The van der Waals surface area contributed by atoms with Crippen molar-refractivity contribution >= 4 is 34.4 Å². The summed E-state index contributed by atoms with van der Waals surface area (Å²) >= 11 is 1.83. The van der Waals surface area contributed by atoms with E-state index < -0.39 is 0 Å². The van der Waals surface area contributed by atoms with Gasteiger partial charge in [0, 0.05) is 41.0 Å². The normalized spacial score (nSPS) is 15.6. The number of carbonyl (C=O) groups is 1. The lowest BCUT2D eigenvalue weighted by Gasteiger charge is -2.25. The van der Waals surface area contributed by atoms with Crippen molar-refractivity contribution in [2.45, 2.75) is 79.2 Å². The Hall–Kier alpha value is -2.44. The summed E-state index contributed by atoms with van der Waals surface area (Å²) in [6.45, 7) is 15.1. The van der Waals surface area contributed by atoms with E-state index in [4.69, 9.17) is 4.98 Å². The van der Waals surface area contributed by atoms with Crippen molar-refractivity contribution in [3.63, 3.8) is 0 Å². The number of carbonyl (C=O) groups excluding carboxylic acids is 1. The highest BCUT2D eigenvalue weighted by Crippen LogP contribution is 2.37. The molecular weight excluding hydrogens is 500 g/mol. The number of nitrogens with zero attached hydrogens (tertiary/aromatic N) is 4. The van der Waals surface area contributed by atoms with Gasteiger partial charge in [0.25, 0.3) is 5.91 Å². The monoisotopic (exact) mass is 546 g/mol. The minimum absolute atomic E-state index is 0.155. The van der Waals surface area contributed by atoms with E-state index in [1.807, 2.05) is 17.4 Å². The minimum atomic E-state index is 0.155. The molecule has 2 aromatic heterocycles. The van der Waals surface area contributed by atoms with Gasteiger partial charge in [-0.25, -0.2) is 4.98 Å². The molecule has 3 heterocycles. The Morgan fingerprint density at radius 3 is 2.51 bits per heavy atom. The standard InChI is InChI=1S/C33H46N4OS/c1-24(2)14-20-36(21-15-25(3)4)33(38)26-12-13-29-30(22-26)37(19-9-18-35-16-7-8-17-35)32(34-29)28-23-39-31-11-6-5-10-27(28)31/h6,11-13,22-25H,5,7-10,14-21H2,1-4H3. The number of aromatic nitrogens is 2. The number of hydrogen-bond donors (Lipinski definition) is 0. The van der Waals surface area contributed by atoms with Crippen molar-refractivity contribution in [3.05, 3.63) is 45.7 Å². The van der Waals surface area contributed by atoms with Crippen LogP contribution in [0.2, 0.25) is 0 Å². The van der Waals surface area contributed by atoms with Gasteiger partial charge in [-0.15, -0.1) is 11.3 Å². The van der Waals surface area contributed by atoms with E-state index >= 15 is 0 Å². The molecule has 3 aromatic rings. The lowest BCUT2D eigenvalue weighted by Crippen LogP contribution is -2.34. The summed E-state index contributed by atoms with van der Waals surface area (Å²) in [5.74, 6) is 2.38. The molecule has 0 atom stereocenters. The fourth-order valence-electron chi connectivity index (χ4n) is 5.87. The van der Waals surface area contributed by atoms with Crippen molar-refractivity contribution < 1.29 is 4.79 Å². The zero-order valence-electron chi connectivity index (χ0n) is 24.4. The first-order chi connectivity index (χ1) is 18.9. The second-order valence-corrected chi connectivity index (χ2v) is 13.2. The van der Waals surface area contributed by atoms with Crippen LogP contribution in [-0.2, 0) is 13.0 Å². The molecule has 1 aliphatic heterocycles. The van der Waals surface area contributed by atoms with Crippen molar-refractivity contribution in [2.24, 2.45) is 11.8 Å². The number of amides is 1. The van der Waals surface area contributed by atoms with Crippen LogP contribution in [0.15, 0.2) is 29.7 Å².